The number of nitrogens with zero attached hydrogens (tertiary/aromatic N) is 2. The fourth-order valence-corrected chi connectivity index (χ4v) is 3.49. The second-order valence-corrected chi connectivity index (χ2v) is 7.66. The molecule has 0 fully saturated rings. The maximum Gasteiger partial charge on any atom is 0.120 e. The molecule has 5 nitrogen and oxygen atoms in total. The standard InChI is InChI=1S/C25H34N4O/c1-3-15-29(16-4-2)19-22-9-11-24(12-10-22)30-20-23-7-5-21(6-8-23)17-26-18-25-27-13-14-28-25/h5-14,26H,3-4,15-20H2,1-2H3,(H,27,28). The van der Waals surface area contributed by atoms with Crippen LogP contribution in [0.25, 0.3) is 0 Å². The summed E-state index contributed by atoms with van der Waals surface area (Å²) in [5.74, 6) is 1.87. The lowest BCUT2D eigenvalue weighted by molar-refractivity contribution is 0.266. The highest BCUT2D eigenvalue weighted by atomic mass is 16.5. The SMILES string of the molecule is CCCN(CCC)Cc1ccc(OCc2ccc(CNCc3ncc[nH]3)cc2)cc1. The number of hydrogen-bond donors (Lipinski definition) is 2. The summed E-state index contributed by atoms with van der Waals surface area (Å²) in [6.45, 7) is 9.93. The molecule has 0 aliphatic rings. The zero-order valence-corrected chi connectivity index (χ0v) is 18.2. The van der Waals surface area contributed by atoms with Gasteiger partial charge >= 0.3 is 0 Å². The Kier molecular flexibility index (Phi) is 8.94. The Morgan fingerprint density at radius 3 is 2.17 bits per heavy atom. The Labute approximate surface area is 180 Å². The van der Waals surface area contributed by atoms with Crippen LogP contribution in [0, 0.1) is 0 Å². The molecule has 0 spiro atoms. The molecule has 1 aromatic heterocycles. The summed E-state index contributed by atoms with van der Waals surface area (Å²) in [4.78, 5) is 9.82. The molecule has 2 aromatic carbocycles. The summed E-state index contributed by atoms with van der Waals surface area (Å²) < 4.78 is 5.98. The number of ether oxygens (including phenoxy) is 1. The molecular formula is C25H34N4O. The van der Waals surface area contributed by atoms with Crippen LogP contribution in [0.1, 0.15) is 49.2 Å². The molecule has 1 heterocycles. The molecule has 5 heteroatoms. The third-order valence-corrected chi connectivity index (χ3v) is 5.01. The molecule has 2 N–H and O–H groups in total. The molecule has 0 unspecified atom stereocenters. The summed E-state index contributed by atoms with van der Waals surface area (Å²) in [5.41, 5.74) is 3.76. The lowest BCUT2D eigenvalue weighted by Crippen LogP contribution is -2.24. The van der Waals surface area contributed by atoms with Gasteiger partial charge in [0.2, 0.25) is 0 Å². The van der Waals surface area contributed by atoms with Crippen molar-refractivity contribution >= 4 is 0 Å². The van der Waals surface area contributed by atoms with E-state index in [4.69, 9.17) is 4.74 Å². The summed E-state index contributed by atoms with van der Waals surface area (Å²) in [6.07, 6.45) is 6.00. The Morgan fingerprint density at radius 1 is 0.867 bits per heavy atom. The van der Waals surface area contributed by atoms with Crippen LogP contribution in [-0.4, -0.2) is 28.0 Å². The van der Waals surface area contributed by atoms with E-state index in [9.17, 15) is 0 Å². The topological polar surface area (TPSA) is 53.2 Å². The second kappa shape index (κ2) is 12.2. The van der Waals surface area contributed by atoms with Gasteiger partial charge < -0.3 is 15.0 Å². The van der Waals surface area contributed by atoms with Crippen LogP contribution in [0.3, 0.4) is 0 Å². The van der Waals surface area contributed by atoms with E-state index in [0.717, 1.165) is 44.3 Å². The molecule has 0 amide bonds. The predicted molar refractivity (Wildman–Crippen MR) is 122 cm³/mol. The van der Waals surface area contributed by atoms with Gasteiger partial charge in [0, 0.05) is 25.5 Å². The van der Waals surface area contributed by atoms with Crippen LogP contribution in [0.5, 0.6) is 5.75 Å². The average molecular weight is 407 g/mol. The van der Waals surface area contributed by atoms with E-state index in [-0.39, 0.29) is 0 Å². The largest absolute Gasteiger partial charge is 0.489 e. The van der Waals surface area contributed by atoms with Crippen molar-refractivity contribution in [1.82, 2.24) is 20.2 Å². The number of hydrogen-bond acceptors (Lipinski definition) is 4. The molecule has 30 heavy (non-hydrogen) atoms. The molecule has 0 aliphatic heterocycles. The minimum Gasteiger partial charge on any atom is -0.489 e. The monoisotopic (exact) mass is 406 g/mol. The number of rotatable bonds is 13. The van der Waals surface area contributed by atoms with Crippen molar-refractivity contribution in [2.45, 2.75) is 52.9 Å². The van der Waals surface area contributed by atoms with Crippen LogP contribution in [0.2, 0.25) is 0 Å². The number of nitrogens with one attached hydrogen (secondary N) is 2. The van der Waals surface area contributed by atoms with Crippen molar-refractivity contribution < 1.29 is 4.74 Å². The third-order valence-electron chi connectivity index (χ3n) is 5.01. The van der Waals surface area contributed by atoms with Crippen LogP contribution in [-0.2, 0) is 26.2 Å². The van der Waals surface area contributed by atoms with E-state index >= 15 is 0 Å². The molecule has 3 aromatic rings. The normalized spacial score (nSPS) is 11.2. The molecule has 0 saturated carbocycles. The average Bonchev–Trinajstić information content (AvgIpc) is 3.28. The second-order valence-electron chi connectivity index (χ2n) is 7.66. The maximum absolute atomic E-state index is 5.98. The van der Waals surface area contributed by atoms with Crippen molar-refractivity contribution in [3.63, 3.8) is 0 Å². The predicted octanol–water partition coefficient (Wildman–Crippen LogP) is 4.90. The zero-order valence-electron chi connectivity index (χ0n) is 18.2. The molecular weight excluding hydrogens is 372 g/mol. The first kappa shape index (κ1) is 22.1. The zero-order chi connectivity index (χ0) is 21.0. The van der Waals surface area contributed by atoms with E-state index in [2.05, 4.69) is 82.6 Å². The van der Waals surface area contributed by atoms with Gasteiger partial charge in [-0.05, 0) is 54.8 Å². The third kappa shape index (κ3) is 7.32. The number of benzene rings is 2. The first-order chi connectivity index (χ1) is 14.8. The Morgan fingerprint density at radius 2 is 1.53 bits per heavy atom. The van der Waals surface area contributed by atoms with Crippen molar-refractivity contribution in [3.8, 4) is 5.75 Å². The molecule has 3 rings (SSSR count). The van der Waals surface area contributed by atoms with Gasteiger partial charge in [-0.1, -0.05) is 50.2 Å². The number of H-pyrrole nitrogens is 1. The van der Waals surface area contributed by atoms with E-state index in [1.165, 1.54) is 29.5 Å². The Bertz CT molecular complexity index is 823. The van der Waals surface area contributed by atoms with Crippen molar-refractivity contribution in [2.75, 3.05) is 13.1 Å². The van der Waals surface area contributed by atoms with E-state index in [0.29, 0.717) is 6.61 Å². The van der Waals surface area contributed by atoms with E-state index in [1.54, 1.807) is 6.20 Å². The van der Waals surface area contributed by atoms with Crippen molar-refractivity contribution in [1.29, 1.82) is 0 Å². The Balaban J connectivity index is 1.42. The highest BCUT2D eigenvalue weighted by molar-refractivity contribution is 5.28. The first-order valence-corrected chi connectivity index (χ1v) is 11.0. The van der Waals surface area contributed by atoms with Gasteiger partial charge in [-0.15, -0.1) is 0 Å². The number of aromatic nitrogens is 2. The van der Waals surface area contributed by atoms with Crippen LogP contribution < -0.4 is 10.1 Å². The Hall–Kier alpha value is -2.63. The van der Waals surface area contributed by atoms with Crippen LogP contribution in [0.15, 0.2) is 60.9 Å². The molecule has 0 aliphatic carbocycles. The minimum atomic E-state index is 0.581. The lowest BCUT2D eigenvalue weighted by Gasteiger charge is -2.21. The van der Waals surface area contributed by atoms with Crippen molar-refractivity contribution in [2.24, 2.45) is 0 Å². The van der Waals surface area contributed by atoms with Gasteiger partial charge in [0.1, 0.15) is 18.2 Å². The molecule has 0 radical (unpaired) electrons. The maximum atomic E-state index is 5.98. The lowest BCUT2D eigenvalue weighted by atomic mass is 10.1. The highest BCUT2D eigenvalue weighted by Crippen LogP contribution is 2.16. The fraction of sp³-hybridized carbons (Fsp3) is 0.400. The molecule has 0 bridgehead atoms. The molecule has 160 valence electrons. The first-order valence-electron chi connectivity index (χ1n) is 11.0. The van der Waals surface area contributed by atoms with Gasteiger partial charge in [-0.2, -0.15) is 0 Å². The summed E-state index contributed by atoms with van der Waals surface area (Å²) in [6, 6.07) is 17.1. The highest BCUT2D eigenvalue weighted by Gasteiger charge is 2.04. The van der Waals surface area contributed by atoms with Gasteiger partial charge in [-0.3, -0.25) is 4.90 Å². The van der Waals surface area contributed by atoms with Crippen LogP contribution >= 0.6 is 0 Å². The van der Waals surface area contributed by atoms with Gasteiger partial charge in [0.25, 0.3) is 0 Å². The smallest absolute Gasteiger partial charge is 0.120 e. The fourth-order valence-electron chi connectivity index (χ4n) is 3.49. The van der Waals surface area contributed by atoms with Gasteiger partial charge in [-0.25, -0.2) is 4.98 Å². The molecule has 0 atom stereocenters. The van der Waals surface area contributed by atoms with Crippen LogP contribution in [0.4, 0.5) is 0 Å². The van der Waals surface area contributed by atoms with E-state index in [1.807, 2.05) is 6.20 Å². The van der Waals surface area contributed by atoms with Crippen molar-refractivity contribution in [3.05, 3.63) is 83.4 Å². The van der Waals surface area contributed by atoms with Gasteiger partial charge in [0.15, 0.2) is 0 Å². The molecule has 0 saturated heterocycles. The summed E-state index contributed by atoms with van der Waals surface area (Å²) in [5, 5.41) is 3.39. The van der Waals surface area contributed by atoms with E-state index < -0.39 is 0 Å². The minimum absolute atomic E-state index is 0.581. The summed E-state index contributed by atoms with van der Waals surface area (Å²) >= 11 is 0. The number of aromatic amines is 1. The quantitative estimate of drug-likeness (QED) is 0.424. The number of imidazole rings is 1. The summed E-state index contributed by atoms with van der Waals surface area (Å²) in [7, 11) is 0. The van der Waals surface area contributed by atoms with Gasteiger partial charge in [0.05, 0.1) is 6.54 Å².